The second-order valence-corrected chi connectivity index (χ2v) is 7.49. The van der Waals surface area contributed by atoms with Gasteiger partial charge in [-0.15, -0.1) is 0 Å². The SMILES string of the molecule is CNC(=O)c1cc(Oc2ccc(NC(=S)Nc3cc(Cl)ccc3Cl)c(C)c2)ccn1. The summed E-state index contributed by atoms with van der Waals surface area (Å²) in [7, 11) is 1.55. The molecule has 154 valence electrons. The number of pyridine rings is 1. The second kappa shape index (κ2) is 9.75. The smallest absolute Gasteiger partial charge is 0.269 e. The Hall–Kier alpha value is -2.87. The number of nitrogens with zero attached hydrogens (tertiary/aromatic N) is 1. The summed E-state index contributed by atoms with van der Waals surface area (Å²) < 4.78 is 5.85. The molecule has 6 nitrogen and oxygen atoms in total. The van der Waals surface area contributed by atoms with Crippen LogP contribution in [0.25, 0.3) is 0 Å². The van der Waals surface area contributed by atoms with Gasteiger partial charge in [-0.05, 0) is 67.2 Å². The average molecular weight is 461 g/mol. The van der Waals surface area contributed by atoms with Crippen LogP contribution in [-0.4, -0.2) is 23.1 Å². The standard InChI is InChI=1S/C21H18Cl2N4O2S/c1-12-9-14(29-15-7-8-25-19(11-15)20(28)24-2)4-6-17(12)26-21(30)27-18-10-13(22)3-5-16(18)23/h3-11H,1-2H3,(H,24,28)(H2,26,27,30). The second-order valence-electron chi connectivity index (χ2n) is 6.24. The molecule has 1 aromatic heterocycles. The van der Waals surface area contributed by atoms with Crippen molar-refractivity contribution in [2.75, 3.05) is 17.7 Å². The van der Waals surface area contributed by atoms with Gasteiger partial charge in [-0.25, -0.2) is 0 Å². The lowest BCUT2D eigenvalue weighted by molar-refractivity contribution is 0.0958. The topological polar surface area (TPSA) is 75.3 Å². The molecule has 0 aliphatic heterocycles. The van der Waals surface area contributed by atoms with Crippen LogP contribution in [0.3, 0.4) is 0 Å². The van der Waals surface area contributed by atoms with E-state index in [-0.39, 0.29) is 11.6 Å². The van der Waals surface area contributed by atoms with Gasteiger partial charge in [0.15, 0.2) is 5.11 Å². The third-order valence-electron chi connectivity index (χ3n) is 4.05. The first-order valence-corrected chi connectivity index (χ1v) is 10.0. The third-order valence-corrected chi connectivity index (χ3v) is 4.82. The Morgan fingerprint density at radius 1 is 1.00 bits per heavy atom. The van der Waals surface area contributed by atoms with Gasteiger partial charge in [0.2, 0.25) is 0 Å². The summed E-state index contributed by atoms with van der Waals surface area (Å²) in [6.45, 7) is 1.92. The molecule has 0 saturated carbocycles. The number of halogens is 2. The van der Waals surface area contributed by atoms with E-state index in [1.54, 1.807) is 43.4 Å². The number of anilines is 2. The maximum atomic E-state index is 11.7. The quantitative estimate of drug-likeness (QED) is 0.426. The molecule has 3 rings (SSSR count). The van der Waals surface area contributed by atoms with Gasteiger partial charge >= 0.3 is 0 Å². The Morgan fingerprint density at radius 2 is 1.73 bits per heavy atom. The number of aryl methyl sites for hydroxylation is 1. The number of hydrogen-bond donors (Lipinski definition) is 3. The number of nitrogens with one attached hydrogen (secondary N) is 3. The van der Waals surface area contributed by atoms with E-state index in [4.69, 9.17) is 40.2 Å². The molecule has 30 heavy (non-hydrogen) atoms. The van der Waals surface area contributed by atoms with Crippen LogP contribution in [0.5, 0.6) is 11.5 Å². The first-order valence-electron chi connectivity index (χ1n) is 8.85. The molecular weight excluding hydrogens is 443 g/mol. The number of aromatic nitrogens is 1. The minimum absolute atomic E-state index is 0.279. The third kappa shape index (κ3) is 5.60. The fraction of sp³-hybridized carbons (Fsp3) is 0.0952. The maximum absolute atomic E-state index is 11.7. The molecule has 0 fully saturated rings. The largest absolute Gasteiger partial charge is 0.457 e. The Morgan fingerprint density at radius 3 is 2.47 bits per heavy atom. The number of hydrogen-bond acceptors (Lipinski definition) is 4. The van der Waals surface area contributed by atoms with E-state index in [9.17, 15) is 4.79 Å². The van der Waals surface area contributed by atoms with Crippen LogP contribution in [-0.2, 0) is 0 Å². The number of ether oxygens (including phenoxy) is 1. The fourth-order valence-corrected chi connectivity index (χ4v) is 3.13. The zero-order valence-electron chi connectivity index (χ0n) is 16.1. The van der Waals surface area contributed by atoms with Crippen LogP contribution in [0.4, 0.5) is 11.4 Å². The van der Waals surface area contributed by atoms with E-state index >= 15 is 0 Å². The molecule has 1 heterocycles. The van der Waals surface area contributed by atoms with Crippen LogP contribution >= 0.6 is 35.4 Å². The Labute approximate surface area is 189 Å². The molecule has 0 atom stereocenters. The van der Waals surface area contributed by atoms with Gasteiger partial charge < -0.3 is 20.7 Å². The number of carbonyl (C=O) groups excluding carboxylic acids is 1. The Bertz CT molecular complexity index is 1110. The van der Waals surface area contributed by atoms with Crippen molar-refractivity contribution in [3.05, 3.63) is 76.0 Å². The summed E-state index contributed by atoms with van der Waals surface area (Å²) in [6.07, 6.45) is 1.52. The van der Waals surface area contributed by atoms with E-state index in [1.807, 2.05) is 19.1 Å². The number of amides is 1. The predicted octanol–water partition coefficient (Wildman–Crippen LogP) is 5.66. The van der Waals surface area contributed by atoms with E-state index in [2.05, 4.69) is 20.9 Å². The van der Waals surface area contributed by atoms with Crippen molar-refractivity contribution in [2.45, 2.75) is 6.92 Å². The molecule has 0 aliphatic carbocycles. The van der Waals surface area contributed by atoms with Gasteiger partial charge in [-0.2, -0.15) is 0 Å². The van der Waals surface area contributed by atoms with Crippen molar-refractivity contribution >= 4 is 57.8 Å². The van der Waals surface area contributed by atoms with Crippen LogP contribution < -0.4 is 20.7 Å². The molecule has 0 unspecified atom stereocenters. The van der Waals surface area contributed by atoms with Crippen molar-refractivity contribution in [1.29, 1.82) is 0 Å². The highest BCUT2D eigenvalue weighted by Crippen LogP contribution is 2.28. The number of thiocarbonyl (C=S) groups is 1. The summed E-state index contributed by atoms with van der Waals surface area (Å²) in [5.74, 6) is 0.845. The summed E-state index contributed by atoms with van der Waals surface area (Å²) >= 11 is 17.5. The zero-order valence-corrected chi connectivity index (χ0v) is 18.5. The van der Waals surface area contributed by atoms with Crippen molar-refractivity contribution in [1.82, 2.24) is 10.3 Å². The molecule has 1 amide bonds. The Kier molecular flexibility index (Phi) is 7.10. The zero-order chi connectivity index (χ0) is 21.7. The van der Waals surface area contributed by atoms with Gasteiger partial charge in [-0.1, -0.05) is 23.2 Å². The molecule has 0 saturated heterocycles. The van der Waals surface area contributed by atoms with Crippen LogP contribution in [0.1, 0.15) is 16.1 Å². The molecule has 3 aromatic rings. The summed E-state index contributed by atoms with van der Waals surface area (Å²) in [5.41, 5.74) is 2.61. The molecule has 0 spiro atoms. The molecule has 3 N–H and O–H groups in total. The summed E-state index contributed by atoms with van der Waals surface area (Å²) in [4.78, 5) is 15.7. The predicted molar refractivity (Wildman–Crippen MR) is 125 cm³/mol. The van der Waals surface area contributed by atoms with Crippen LogP contribution in [0, 0.1) is 6.92 Å². The lowest BCUT2D eigenvalue weighted by Gasteiger charge is -2.15. The van der Waals surface area contributed by atoms with Crippen LogP contribution in [0.15, 0.2) is 54.7 Å². The first-order chi connectivity index (χ1) is 14.4. The lowest BCUT2D eigenvalue weighted by atomic mass is 10.2. The van der Waals surface area contributed by atoms with Crippen molar-refractivity contribution in [3.8, 4) is 11.5 Å². The Balaban J connectivity index is 1.69. The summed E-state index contributed by atoms with van der Waals surface area (Å²) in [5, 5.41) is 10.1. The highest BCUT2D eigenvalue weighted by atomic mass is 35.5. The molecular formula is C21H18Cl2N4O2S. The van der Waals surface area contributed by atoms with Gasteiger partial charge in [-0.3, -0.25) is 9.78 Å². The van der Waals surface area contributed by atoms with Crippen molar-refractivity contribution < 1.29 is 9.53 Å². The van der Waals surface area contributed by atoms with Gasteiger partial charge in [0.05, 0.1) is 10.7 Å². The minimum Gasteiger partial charge on any atom is -0.457 e. The number of rotatable bonds is 5. The molecule has 0 bridgehead atoms. The fourth-order valence-electron chi connectivity index (χ4n) is 2.57. The van der Waals surface area contributed by atoms with E-state index in [0.717, 1.165) is 11.3 Å². The van der Waals surface area contributed by atoms with Crippen molar-refractivity contribution in [2.24, 2.45) is 0 Å². The van der Waals surface area contributed by atoms with Crippen molar-refractivity contribution in [3.63, 3.8) is 0 Å². The molecule has 2 aromatic carbocycles. The minimum atomic E-state index is -0.281. The monoisotopic (exact) mass is 460 g/mol. The number of carbonyl (C=O) groups is 1. The van der Waals surface area contributed by atoms with Gasteiger partial charge in [0.25, 0.3) is 5.91 Å². The van der Waals surface area contributed by atoms with E-state index in [1.165, 1.54) is 6.20 Å². The lowest BCUT2D eigenvalue weighted by Crippen LogP contribution is -2.19. The van der Waals surface area contributed by atoms with Crippen LogP contribution in [0.2, 0.25) is 10.0 Å². The van der Waals surface area contributed by atoms with E-state index in [0.29, 0.717) is 32.3 Å². The number of benzene rings is 2. The summed E-state index contributed by atoms with van der Waals surface area (Å²) in [6, 6.07) is 13.9. The normalized spacial score (nSPS) is 10.3. The molecule has 9 heteroatoms. The van der Waals surface area contributed by atoms with Gasteiger partial charge in [0, 0.05) is 30.0 Å². The maximum Gasteiger partial charge on any atom is 0.269 e. The van der Waals surface area contributed by atoms with E-state index < -0.39 is 0 Å². The highest BCUT2D eigenvalue weighted by molar-refractivity contribution is 7.80. The van der Waals surface area contributed by atoms with Gasteiger partial charge in [0.1, 0.15) is 17.2 Å². The molecule has 0 aliphatic rings. The average Bonchev–Trinajstić information content (AvgIpc) is 2.72. The highest BCUT2D eigenvalue weighted by Gasteiger charge is 2.09. The first kappa shape index (κ1) is 21.8. The molecule has 0 radical (unpaired) electrons.